The van der Waals surface area contributed by atoms with Gasteiger partial charge in [0.05, 0.1) is 26.2 Å². The van der Waals surface area contributed by atoms with Crippen molar-refractivity contribution in [3.8, 4) is 5.75 Å². The maximum atomic E-state index is 12.8. The van der Waals surface area contributed by atoms with Crippen molar-refractivity contribution in [3.63, 3.8) is 0 Å². The number of nitrogens with one attached hydrogen (secondary N) is 1. The van der Waals surface area contributed by atoms with Crippen LogP contribution in [-0.2, 0) is 16.1 Å². The number of rotatable bonds is 8. The van der Waals surface area contributed by atoms with E-state index in [4.69, 9.17) is 9.47 Å². The van der Waals surface area contributed by atoms with Gasteiger partial charge in [0.15, 0.2) is 0 Å². The second-order valence-electron chi connectivity index (χ2n) is 5.64. The summed E-state index contributed by atoms with van der Waals surface area (Å²) in [5, 5.41) is 2.94. The van der Waals surface area contributed by atoms with Crippen LogP contribution < -0.4 is 10.1 Å². The lowest BCUT2D eigenvalue weighted by Gasteiger charge is -2.19. The first-order valence-electron chi connectivity index (χ1n) is 8.44. The van der Waals surface area contributed by atoms with Gasteiger partial charge >= 0.3 is 5.97 Å². The Labute approximate surface area is 161 Å². The average molecular weight is 423 g/mol. The molecule has 0 aliphatic carbocycles. The van der Waals surface area contributed by atoms with Gasteiger partial charge in [-0.3, -0.25) is 9.59 Å². The highest BCUT2D eigenvalue weighted by atomic mass is 79.9. The van der Waals surface area contributed by atoms with Crippen molar-refractivity contribution >= 4 is 27.8 Å². The highest BCUT2D eigenvalue weighted by Crippen LogP contribution is 2.23. The van der Waals surface area contributed by atoms with E-state index in [0.29, 0.717) is 24.6 Å². The number of esters is 1. The predicted octanol–water partition coefficient (Wildman–Crippen LogP) is 3.70. The normalized spacial score (nSPS) is 11.7. The smallest absolute Gasteiger partial charge is 0.308 e. The lowest BCUT2D eigenvalue weighted by molar-refractivity contribution is -0.143. The quantitative estimate of drug-likeness (QED) is 0.658. The summed E-state index contributed by atoms with van der Waals surface area (Å²) in [5.74, 6) is 0.0348. The van der Waals surface area contributed by atoms with Gasteiger partial charge in [-0.15, -0.1) is 0 Å². The Hall–Kier alpha value is -2.28. The minimum Gasteiger partial charge on any atom is -0.497 e. The molecule has 1 aromatic carbocycles. The van der Waals surface area contributed by atoms with Crippen LogP contribution in [0.25, 0.3) is 0 Å². The molecule has 0 saturated carbocycles. The number of methoxy groups -OCH3 is 1. The molecule has 1 unspecified atom stereocenters. The number of halogens is 1. The summed E-state index contributed by atoms with van der Waals surface area (Å²) in [6.07, 6.45) is 1.89. The van der Waals surface area contributed by atoms with Crippen LogP contribution in [0, 0.1) is 0 Å². The summed E-state index contributed by atoms with van der Waals surface area (Å²) < 4.78 is 13.0. The first kappa shape index (κ1) is 20.0. The molecule has 140 valence electrons. The van der Waals surface area contributed by atoms with Crippen LogP contribution in [0.5, 0.6) is 5.75 Å². The first-order valence-corrected chi connectivity index (χ1v) is 9.23. The SMILES string of the molecule is CCOC(=O)CC(NC(=O)c1cc(Br)cn1CC)c1cccc(OC)c1. The van der Waals surface area contributed by atoms with Gasteiger partial charge < -0.3 is 19.4 Å². The van der Waals surface area contributed by atoms with Crippen LogP contribution in [0.15, 0.2) is 41.0 Å². The third-order valence-corrected chi connectivity index (χ3v) is 4.35. The molecule has 0 aliphatic rings. The fourth-order valence-electron chi connectivity index (χ4n) is 2.66. The summed E-state index contributed by atoms with van der Waals surface area (Å²) >= 11 is 3.39. The number of aromatic nitrogens is 1. The molecule has 1 amide bonds. The van der Waals surface area contributed by atoms with Crippen molar-refractivity contribution < 1.29 is 19.1 Å². The van der Waals surface area contributed by atoms with Crippen molar-refractivity contribution in [3.05, 3.63) is 52.3 Å². The third-order valence-electron chi connectivity index (χ3n) is 3.91. The first-order chi connectivity index (χ1) is 12.5. The number of amides is 1. The minimum atomic E-state index is -0.518. The van der Waals surface area contributed by atoms with Crippen molar-refractivity contribution in [1.29, 1.82) is 0 Å². The fourth-order valence-corrected chi connectivity index (χ4v) is 3.12. The van der Waals surface area contributed by atoms with Crippen molar-refractivity contribution in [1.82, 2.24) is 9.88 Å². The molecule has 26 heavy (non-hydrogen) atoms. The van der Waals surface area contributed by atoms with Gasteiger partial charge in [-0.25, -0.2) is 0 Å². The molecule has 0 bridgehead atoms. The second-order valence-corrected chi connectivity index (χ2v) is 6.56. The topological polar surface area (TPSA) is 69.6 Å². The molecule has 2 aromatic rings. The van der Waals surface area contributed by atoms with Gasteiger partial charge in [-0.2, -0.15) is 0 Å². The molecule has 1 N–H and O–H groups in total. The number of hydrogen-bond acceptors (Lipinski definition) is 4. The van der Waals surface area contributed by atoms with Gasteiger partial charge in [0.25, 0.3) is 5.91 Å². The largest absolute Gasteiger partial charge is 0.497 e. The maximum absolute atomic E-state index is 12.8. The van der Waals surface area contributed by atoms with E-state index in [2.05, 4.69) is 21.2 Å². The number of aryl methyl sites for hydroxylation is 1. The maximum Gasteiger partial charge on any atom is 0.308 e. The van der Waals surface area contributed by atoms with Gasteiger partial charge in [0.1, 0.15) is 11.4 Å². The molecule has 7 heteroatoms. The van der Waals surface area contributed by atoms with Crippen LogP contribution in [0.3, 0.4) is 0 Å². The molecule has 1 aromatic heterocycles. The number of ether oxygens (including phenoxy) is 2. The van der Waals surface area contributed by atoms with Crippen LogP contribution >= 0.6 is 15.9 Å². The second kappa shape index (κ2) is 9.43. The standard InChI is InChI=1S/C19H23BrN2O4/c1-4-22-12-14(20)10-17(22)19(24)21-16(11-18(23)26-5-2)13-7-6-8-15(9-13)25-3/h6-10,12,16H,4-5,11H2,1-3H3,(H,21,24). The lowest BCUT2D eigenvalue weighted by Crippen LogP contribution is -2.32. The highest BCUT2D eigenvalue weighted by Gasteiger charge is 2.22. The Bertz CT molecular complexity index is 773. The Morgan fingerprint density at radius 3 is 2.69 bits per heavy atom. The van der Waals surface area contributed by atoms with E-state index in [0.717, 1.165) is 10.0 Å². The Morgan fingerprint density at radius 1 is 1.27 bits per heavy atom. The van der Waals surface area contributed by atoms with Crippen LogP contribution in [0.2, 0.25) is 0 Å². The summed E-state index contributed by atoms with van der Waals surface area (Å²) in [6, 6.07) is 8.53. The van der Waals surface area contributed by atoms with Crippen LogP contribution in [0.4, 0.5) is 0 Å². The fraction of sp³-hybridized carbons (Fsp3) is 0.368. The van der Waals surface area contributed by atoms with Crippen molar-refractivity contribution in [2.24, 2.45) is 0 Å². The molecule has 0 fully saturated rings. The Balaban J connectivity index is 2.27. The summed E-state index contributed by atoms with van der Waals surface area (Å²) in [7, 11) is 1.57. The third kappa shape index (κ3) is 5.11. The Morgan fingerprint density at radius 2 is 2.04 bits per heavy atom. The van der Waals surface area contributed by atoms with Crippen molar-refractivity contribution in [2.45, 2.75) is 32.9 Å². The van der Waals surface area contributed by atoms with E-state index in [1.54, 1.807) is 26.2 Å². The summed E-state index contributed by atoms with van der Waals surface area (Å²) in [6.45, 7) is 4.67. The lowest BCUT2D eigenvalue weighted by atomic mass is 10.0. The Kier molecular flexibility index (Phi) is 7.26. The number of carbonyl (C=O) groups is 2. The summed E-state index contributed by atoms with van der Waals surface area (Å²) in [5.41, 5.74) is 1.30. The zero-order chi connectivity index (χ0) is 19.1. The molecule has 0 spiro atoms. The van der Waals surface area contributed by atoms with E-state index < -0.39 is 6.04 Å². The monoisotopic (exact) mass is 422 g/mol. The molecule has 0 radical (unpaired) electrons. The molecular weight excluding hydrogens is 400 g/mol. The molecule has 0 aliphatic heterocycles. The minimum absolute atomic E-state index is 0.0424. The number of hydrogen-bond donors (Lipinski definition) is 1. The van der Waals surface area contributed by atoms with E-state index in [1.807, 2.05) is 35.9 Å². The molecule has 1 heterocycles. The van der Waals surface area contributed by atoms with Crippen LogP contribution in [0.1, 0.15) is 42.4 Å². The van der Waals surface area contributed by atoms with Gasteiger partial charge in [-0.1, -0.05) is 12.1 Å². The molecule has 0 saturated heterocycles. The van der Waals surface area contributed by atoms with E-state index in [1.165, 1.54) is 0 Å². The molecule has 1 atom stereocenters. The van der Waals surface area contributed by atoms with Crippen LogP contribution in [-0.4, -0.2) is 30.2 Å². The van der Waals surface area contributed by atoms with Gasteiger partial charge in [0.2, 0.25) is 0 Å². The van der Waals surface area contributed by atoms with Gasteiger partial charge in [0, 0.05) is 17.2 Å². The summed E-state index contributed by atoms with van der Waals surface area (Å²) in [4.78, 5) is 24.8. The number of nitrogens with zero attached hydrogens (tertiary/aromatic N) is 1. The van der Waals surface area contributed by atoms with E-state index >= 15 is 0 Å². The molecule has 6 nitrogen and oxygen atoms in total. The van der Waals surface area contributed by atoms with Crippen molar-refractivity contribution in [2.75, 3.05) is 13.7 Å². The highest BCUT2D eigenvalue weighted by molar-refractivity contribution is 9.10. The predicted molar refractivity (Wildman–Crippen MR) is 102 cm³/mol. The zero-order valence-electron chi connectivity index (χ0n) is 15.1. The molecule has 2 rings (SSSR count). The number of benzene rings is 1. The average Bonchev–Trinajstić information content (AvgIpc) is 3.02. The van der Waals surface area contributed by atoms with Gasteiger partial charge in [-0.05, 0) is 53.5 Å². The number of carbonyl (C=O) groups excluding carboxylic acids is 2. The zero-order valence-corrected chi connectivity index (χ0v) is 16.7. The van der Waals surface area contributed by atoms with E-state index in [9.17, 15) is 9.59 Å². The van der Waals surface area contributed by atoms with E-state index in [-0.39, 0.29) is 18.3 Å². The molecular formula is C19H23BrN2O4.